The van der Waals surface area contributed by atoms with Gasteiger partial charge in [0.25, 0.3) is 0 Å². The number of halogens is 1. The molecule has 0 aromatic heterocycles. The molecular weight excluding hydrogens is 255 g/mol. The van der Waals surface area contributed by atoms with E-state index in [1.165, 1.54) is 12.1 Å². The number of ether oxygens (including phenoxy) is 1. The van der Waals surface area contributed by atoms with Crippen LogP contribution >= 0.6 is 0 Å². The lowest BCUT2D eigenvalue weighted by atomic mass is 9.97. The number of benzene rings is 2. The second-order valence-corrected chi connectivity index (χ2v) is 4.94. The summed E-state index contributed by atoms with van der Waals surface area (Å²) in [6.45, 7) is 5.45. The van der Waals surface area contributed by atoms with Crippen LogP contribution in [0.15, 0.2) is 30.3 Å². The van der Waals surface area contributed by atoms with E-state index in [1.807, 2.05) is 13.8 Å². The molecule has 0 amide bonds. The second-order valence-electron chi connectivity index (χ2n) is 4.94. The molecule has 0 unspecified atom stereocenters. The van der Waals surface area contributed by atoms with Crippen molar-refractivity contribution in [2.24, 2.45) is 0 Å². The molecule has 0 aliphatic heterocycles. The van der Waals surface area contributed by atoms with Gasteiger partial charge in [0.05, 0.1) is 7.11 Å². The van der Waals surface area contributed by atoms with E-state index in [9.17, 15) is 9.18 Å². The molecule has 0 bridgehead atoms. The minimum atomic E-state index is -0.302. The van der Waals surface area contributed by atoms with E-state index in [0.717, 1.165) is 16.9 Å². The Morgan fingerprint density at radius 3 is 2.00 bits per heavy atom. The quantitative estimate of drug-likeness (QED) is 0.790. The molecule has 2 aromatic rings. The minimum Gasteiger partial charge on any atom is -0.496 e. The zero-order valence-corrected chi connectivity index (χ0v) is 12.1. The molecule has 0 fully saturated rings. The molecule has 2 nitrogen and oxygen atoms in total. The molecule has 0 aliphatic carbocycles. The van der Waals surface area contributed by atoms with Crippen molar-refractivity contribution in [1.29, 1.82) is 0 Å². The molecule has 0 heterocycles. The van der Waals surface area contributed by atoms with Gasteiger partial charge in [0, 0.05) is 11.1 Å². The van der Waals surface area contributed by atoms with Crippen molar-refractivity contribution in [3.05, 3.63) is 64.0 Å². The number of carbonyl (C=O) groups is 1. The van der Waals surface area contributed by atoms with Gasteiger partial charge in [-0.2, -0.15) is 0 Å². The van der Waals surface area contributed by atoms with Crippen LogP contribution < -0.4 is 4.74 Å². The predicted molar refractivity (Wildman–Crippen MR) is 77.0 cm³/mol. The Labute approximate surface area is 118 Å². The number of methoxy groups -OCH3 is 1. The molecule has 0 saturated heterocycles. The lowest BCUT2D eigenvalue weighted by molar-refractivity contribution is 0.103. The highest BCUT2D eigenvalue weighted by Crippen LogP contribution is 2.25. The number of hydrogen-bond donors (Lipinski definition) is 0. The van der Waals surface area contributed by atoms with E-state index in [0.29, 0.717) is 16.7 Å². The third-order valence-corrected chi connectivity index (χ3v) is 3.35. The molecule has 104 valence electrons. The molecule has 20 heavy (non-hydrogen) atoms. The highest BCUT2D eigenvalue weighted by Gasteiger charge is 2.14. The summed E-state index contributed by atoms with van der Waals surface area (Å²) in [4.78, 5) is 12.5. The van der Waals surface area contributed by atoms with Crippen molar-refractivity contribution < 1.29 is 13.9 Å². The Balaban J connectivity index is 2.45. The fourth-order valence-electron chi connectivity index (χ4n) is 2.36. The predicted octanol–water partition coefficient (Wildman–Crippen LogP) is 3.99. The lowest BCUT2D eigenvalue weighted by Crippen LogP contribution is -2.04. The van der Waals surface area contributed by atoms with Crippen LogP contribution in [-0.4, -0.2) is 12.9 Å². The molecular formula is C17H17FO2. The van der Waals surface area contributed by atoms with Gasteiger partial charge in [0.2, 0.25) is 0 Å². The van der Waals surface area contributed by atoms with Gasteiger partial charge in [-0.1, -0.05) is 0 Å². The SMILES string of the molecule is COc1c(C)cc(C(=O)c2ccc(F)c(C)c2)cc1C. The summed E-state index contributed by atoms with van der Waals surface area (Å²) in [5.74, 6) is 0.377. The Kier molecular flexibility index (Phi) is 3.89. The van der Waals surface area contributed by atoms with Gasteiger partial charge in [0.15, 0.2) is 5.78 Å². The molecule has 2 aromatic carbocycles. The van der Waals surface area contributed by atoms with E-state index in [2.05, 4.69) is 0 Å². The van der Waals surface area contributed by atoms with E-state index >= 15 is 0 Å². The average Bonchev–Trinajstić information content (AvgIpc) is 2.40. The van der Waals surface area contributed by atoms with Gasteiger partial charge >= 0.3 is 0 Å². The third-order valence-electron chi connectivity index (χ3n) is 3.35. The van der Waals surface area contributed by atoms with Crippen molar-refractivity contribution in [3.63, 3.8) is 0 Å². The summed E-state index contributed by atoms with van der Waals surface area (Å²) in [6, 6.07) is 8.01. The molecule has 0 saturated carbocycles. The van der Waals surface area contributed by atoms with Gasteiger partial charge in [0.1, 0.15) is 11.6 Å². The van der Waals surface area contributed by atoms with Gasteiger partial charge in [-0.05, 0) is 67.8 Å². The summed E-state index contributed by atoms with van der Waals surface area (Å²) >= 11 is 0. The van der Waals surface area contributed by atoms with E-state index in [1.54, 1.807) is 32.2 Å². The first kappa shape index (κ1) is 14.3. The standard InChI is InChI=1S/C17H17FO2/c1-10-7-13(5-6-15(10)18)16(19)14-8-11(2)17(20-4)12(3)9-14/h5-9H,1-4H3. The van der Waals surface area contributed by atoms with Crippen molar-refractivity contribution in [3.8, 4) is 5.75 Å². The van der Waals surface area contributed by atoms with Crippen LogP contribution in [0.25, 0.3) is 0 Å². The van der Waals surface area contributed by atoms with Crippen LogP contribution in [0.4, 0.5) is 4.39 Å². The van der Waals surface area contributed by atoms with Crippen LogP contribution in [0, 0.1) is 26.6 Å². The van der Waals surface area contributed by atoms with Crippen molar-refractivity contribution >= 4 is 5.78 Å². The fourth-order valence-corrected chi connectivity index (χ4v) is 2.36. The van der Waals surface area contributed by atoms with Crippen molar-refractivity contribution in [1.82, 2.24) is 0 Å². The maximum atomic E-state index is 13.3. The number of rotatable bonds is 3. The first-order valence-corrected chi connectivity index (χ1v) is 6.40. The third kappa shape index (κ3) is 2.57. The van der Waals surface area contributed by atoms with Gasteiger partial charge < -0.3 is 4.74 Å². The van der Waals surface area contributed by atoms with Crippen LogP contribution in [0.5, 0.6) is 5.75 Å². The van der Waals surface area contributed by atoms with Crippen molar-refractivity contribution in [2.75, 3.05) is 7.11 Å². The van der Waals surface area contributed by atoms with Crippen LogP contribution in [0.2, 0.25) is 0 Å². The molecule has 3 heteroatoms. The zero-order chi connectivity index (χ0) is 14.9. The summed E-state index contributed by atoms with van der Waals surface area (Å²) in [5.41, 5.74) is 3.38. The minimum absolute atomic E-state index is 0.109. The molecule has 0 aliphatic rings. The maximum absolute atomic E-state index is 13.3. The Hall–Kier alpha value is -2.16. The van der Waals surface area contributed by atoms with Crippen LogP contribution in [0.1, 0.15) is 32.6 Å². The lowest BCUT2D eigenvalue weighted by Gasteiger charge is -2.11. The number of hydrogen-bond acceptors (Lipinski definition) is 2. The largest absolute Gasteiger partial charge is 0.496 e. The first-order chi connectivity index (χ1) is 9.43. The highest BCUT2D eigenvalue weighted by atomic mass is 19.1. The van der Waals surface area contributed by atoms with Crippen LogP contribution in [-0.2, 0) is 0 Å². The zero-order valence-electron chi connectivity index (χ0n) is 12.1. The second kappa shape index (κ2) is 5.45. The highest BCUT2D eigenvalue weighted by molar-refractivity contribution is 6.09. The molecule has 0 atom stereocenters. The van der Waals surface area contributed by atoms with Gasteiger partial charge in [-0.25, -0.2) is 4.39 Å². The van der Waals surface area contributed by atoms with Crippen molar-refractivity contribution in [2.45, 2.75) is 20.8 Å². The maximum Gasteiger partial charge on any atom is 0.193 e. The Morgan fingerprint density at radius 1 is 0.950 bits per heavy atom. The Bertz CT molecular complexity index is 652. The molecule has 0 radical (unpaired) electrons. The van der Waals surface area contributed by atoms with E-state index in [-0.39, 0.29) is 11.6 Å². The van der Waals surface area contributed by atoms with Gasteiger partial charge in [-0.15, -0.1) is 0 Å². The topological polar surface area (TPSA) is 26.3 Å². The molecule has 0 N–H and O–H groups in total. The number of aryl methyl sites for hydroxylation is 3. The van der Waals surface area contributed by atoms with Crippen LogP contribution in [0.3, 0.4) is 0 Å². The normalized spacial score (nSPS) is 10.4. The number of ketones is 1. The fraction of sp³-hybridized carbons (Fsp3) is 0.235. The Morgan fingerprint density at radius 2 is 1.50 bits per heavy atom. The van der Waals surface area contributed by atoms with Gasteiger partial charge in [-0.3, -0.25) is 4.79 Å². The average molecular weight is 272 g/mol. The van der Waals surface area contributed by atoms with E-state index < -0.39 is 0 Å². The summed E-state index contributed by atoms with van der Waals surface area (Å²) in [7, 11) is 1.61. The summed E-state index contributed by atoms with van der Waals surface area (Å²) < 4.78 is 18.6. The molecule has 0 spiro atoms. The summed E-state index contributed by atoms with van der Waals surface area (Å²) in [5, 5.41) is 0. The first-order valence-electron chi connectivity index (χ1n) is 6.40. The van der Waals surface area contributed by atoms with E-state index in [4.69, 9.17) is 4.74 Å². The smallest absolute Gasteiger partial charge is 0.193 e. The monoisotopic (exact) mass is 272 g/mol. The summed E-state index contributed by atoms with van der Waals surface area (Å²) in [6.07, 6.45) is 0. The number of carbonyl (C=O) groups excluding carboxylic acids is 1. The molecule has 2 rings (SSSR count).